The standard InChI is InChI=1S/C44H80N2O4/c1-3-5-31-41(47)33-23-19-15-11-7-9-13-17-21-25-35-43(49)45-37-39-29-27-28-30-40(39)38-46-44(50)36-26-22-18-14-10-8-12-16-20-24-34-42(48)32-6-4-2/h27-30,41-42,47-48H,3-26,31-38H2,1-2H3,(H,45,49)(H,46,50). The number of carbonyl (C=O) groups is 2. The molecule has 0 aliphatic heterocycles. The molecule has 0 saturated heterocycles. The highest BCUT2D eigenvalue weighted by Gasteiger charge is 2.08. The number of benzene rings is 1. The first-order valence-corrected chi connectivity index (χ1v) is 21.4. The van der Waals surface area contributed by atoms with Crippen molar-refractivity contribution in [2.24, 2.45) is 0 Å². The van der Waals surface area contributed by atoms with Crippen LogP contribution in [0, 0.1) is 0 Å². The van der Waals surface area contributed by atoms with Gasteiger partial charge in [0, 0.05) is 25.9 Å². The van der Waals surface area contributed by atoms with E-state index in [2.05, 4.69) is 24.5 Å². The van der Waals surface area contributed by atoms with E-state index in [4.69, 9.17) is 0 Å². The van der Waals surface area contributed by atoms with E-state index in [0.717, 1.165) is 88.2 Å². The van der Waals surface area contributed by atoms with Crippen molar-refractivity contribution in [3.05, 3.63) is 35.4 Å². The summed E-state index contributed by atoms with van der Waals surface area (Å²) in [5, 5.41) is 26.0. The number of hydrogen-bond donors (Lipinski definition) is 4. The van der Waals surface area contributed by atoms with E-state index >= 15 is 0 Å². The zero-order chi connectivity index (χ0) is 36.3. The maximum atomic E-state index is 12.5. The minimum absolute atomic E-state index is 0.0913. The lowest BCUT2D eigenvalue weighted by Crippen LogP contribution is -2.25. The van der Waals surface area contributed by atoms with Crippen molar-refractivity contribution in [1.29, 1.82) is 0 Å². The molecule has 1 aromatic carbocycles. The molecule has 0 aliphatic rings. The van der Waals surface area contributed by atoms with Gasteiger partial charge in [0.15, 0.2) is 0 Å². The molecule has 6 nitrogen and oxygen atoms in total. The topological polar surface area (TPSA) is 98.7 Å². The predicted octanol–water partition coefficient (Wildman–Crippen LogP) is 11.4. The maximum Gasteiger partial charge on any atom is 0.220 e. The van der Waals surface area contributed by atoms with Crippen LogP contribution >= 0.6 is 0 Å². The van der Waals surface area contributed by atoms with Crippen molar-refractivity contribution >= 4 is 11.8 Å². The molecule has 2 atom stereocenters. The summed E-state index contributed by atoms with van der Waals surface area (Å²) < 4.78 is 0. The average molecular weight is 701 g/mol. The van der Waals surface area contributed by atoms with Crippen LogP contribution in [0.4, 0.5) is 0 Å². The van der Waals surface area contributed by atoms with Crippen LogP contribution in [0.15, 0.2) is 24.3 Å². The molecule has 290 valence electrons. The lowest BCUT2D eigenvalue weighted by molar-refractivity contribution is -0.122. The van der Waals surface area contributed by atoms with Gasteiger partial charge in [0.25, 0.3) is 0 Å². The quantitative estimate of drug-likeness (QED) is 0.0524. The normalized spacial score (nSPS) is 12.6. The SMILES string of the molecule is CCCCC(O)CCCCCCCCCCCCC(=O)NCc1ccccc1CNC(=O)CCCCCCCCCCCCC(O)CCCC. The van der Waals surface area contributed by atoms with Crippen LogP contribution in [-0.4, -0.2) is 34.2 Å². The van der Waals surface area contributed by atoms with Crippen molar-refractivity contribution < 1.29 is 19.8 Å². The summed E-state index contributed by atoms with van der Waals surface area (Å²) in [6.45, 7) is 5.36. The molecule has 0 radical (unpaired) electrons. The average Bonchev–Trinajstić information content (AvgIpc) is 3.12. The monoisotopic (exact) mass is 701 g/mol. The Morgan fingerprint density at radius 3 is 1.06 bits per heavy atom. The van der Waals surface area contributed by atoms with Gasteiger partial charge in [0.1, 0.15) is 0 Å². The summed E-state index contributed by atoms with van der Waals surface area (Å²) in [4.78, 5) is 24.9. The molecule has 6 heteroatoms. The Morgan fingerprint density at radius 1 is 0.460 bits per heavy atom. The molecule has 1 aromatic rings. The fourth-order valence-corrected chi connectivity index (χ4v) is 6.79. The second-order valence-electron chi connectivity index (χ2n) is 15.1. The highest BCUT2D eigenvalue weighted by Crippen LogP contribution is 2.16. The second kappa shape index (κ2) is 34.2. The maximum absolute atomic E-state index is 12.5. The predicted molar refractivity (Wildman–Crippen MR) is 212 cm³/mol. The van der Waals surface area contributed by atoms with Crippen LogP contribution in [0.5, 0.6) is 0 Å². The van der Waals surface area contributed by atoms with Crippen molar-refractivity contribution in [3.63, 3.8) is 0 Å². The van der Waals surface area contributed by atoms with Gasteiger partial charge in [0.2, 0.25) is 11.8 Å². The molecule has 4 N–H and O–H groups in total. The third-order valence-corrected chi connectivity index (χ3v) is 10.2. The van der Waals surface area contributed by atoms with Gasteiger partial charge in [-0.05, 0) is 49.7 Å². The highest BCUT2D eigenvalue weighted by molar-refractivity contribution is 5.76. The van der Waals surface area contributed by atoms with Crippen LogP contribution < -0.4 is 10.6 Å². The molecule has 2 unspecified atom stereocenters. The van der Waals surface area contributed by atoms with Gasteiger partial charge in [-0.3, -0.25) is 9.59 Å². The van der Waals surface area contributed by atoms with Gasteiger partial charge in [-0.25, -0.2) is 0 Å². The lowest BCUT2D eigenvalue weighted by Gasteiger charge is -2.12. The fraction of sp³-hybridized carbons (Fsp3) is 0.818. The van der Waals surface area contributed by atoms with Crippen LogP contribution in [0.2, 0.25) is 0 Å². The van der Waals surface area contributed by atoms with Crippen molar-refractivity contribution in [2.75, 3.05) is 0 Å². The molecule has 0 saturated carbocycles. The van der Waals surface area contributed by atoms with Gasteiger partial charge < -0.3 is 20.8 Å². The first-order chi connectivity index (χ1) is 24.5. The highest BCUT2D eigenvalue weighted by atomic mass is 16.3. The Bertz CT molecular complexity index is 850. The summed E-state index contributed by atoms with van der Waals surface area (Å²) in [6, 6.07) is 8.06. The van der Waals surface area contributed by atoms with E-state index in [1.165, 1.54) is 103 Å². The molecule has 0 bridgehead atoms. The summed E-state index contributed by atoms with van der Waals surface area (Å²) in [6.07, 6.45) is 33.6. The van der Waals surface area contributed by atoms with E-state index in [1.54, 1.807) is 0 Å². The van der Waals surface area contributed by atoms with Crippen LogP contribution in [0.25, 0.3) is 0 Å². The smallest absolute Gasteiger partial charge is 0.220 e. The Balaban J connectivity index is 2.00. The molecule has 0 spiro atoms. The summed E-state index contributed by atoms with van der Waals surface area (Å²) >= 11 is 0. The number of unbranched alkanes of at least 4 members (excludes halogenated alkanes) is 20. The zero-order valence-electron chi connectivity index (χ0n) is 32.8. The first kappa shape index (κ1) is 46.1. The second-order valence-corrected chi connectivity index (χ2v) is 15.1. The van der Waals surface area contributed by atoms with E-state index in [9.17, 15) is 19.8 Å². The van der Waals surface area contributed by atoms with E-state index in [0.29, 0.717) is 25.9 Å². The van der Waals surface area contributed by atoms with Crippen LogP contribution in [0.1, 0.15) is 218 Å². The van der Waals surface area contributed by atoms with Crippen molar-refractivity contribution in [3.8, 4) is 0 Å². The first-order valence-electron chi connectivity index (χ1n) is 21.4. The molecular formula is C44H80N2O4. The summed E-state index contributed by atoms with van der Waals surface area (Å²) in [5.41, 5.74) is 2.14. The summed E-state index contributed by atoms with van der Waals surface area (Å²) in [7, 11) is 0. The molecule has 1 rings (SSSR count). The number of aliphatic hydroxyl groups is 2. The molecule has 0 heterocycles. The van der Waals surface area contributed by atoms with Gasteiger partial charge in [-0.15, -0.1) is 0 Å². The Kier molecular flexibility index (Phi) is 31.5. The molecule has 50 heavy (non-hydrogen) atoms. The Hall–Kier alpha value is -1.92. The molecule has 0 aromatic heterocycles. The minimum Gasteiger partial charge on any atom is -0.393 e. The van der Waals surface area contributed by atoms with Gasteiger partial charge in [-0.1, -0.05) is 179 Å². The number of rotatable bonds is 36. The molecule has 2 amide bonds. The van der Waals surface area contributed by atoms with E-state index in [-0.39, 0.29) is 24.0 Å². The van der Waals surface area contributed by atoms with Crippen molar-refractivity contribution in [2.45, 2.75) is 232 Å². The lowest BCUT2D eigenvalue weighted by atomic mass is 10.0. The van der Waals surface area contributed by atoms with E-state index in [1.807, 2.05) is 24.3 Å². The number of amides is 2. The third kappa shape index (κ3) is 28.7. The largest absolute Gasteiger partial charge is 0.393 e. The summed E-state index contributed by atoms with van der Waals surface area (Å²) in [5.74, 6) is 0.218. The Labute approximate surface area is 308 Å². The fourth-order valence-electron chi connectivity index (χ4n) is 6.79. The molecule has 0 fully saturated rings. The van der Waals surface area contributed by atoms with Crippen LogP contribution in [-0.2, 0) is 22.7 Å². The van der Waals surface area contributed by atoms with Crippen LogP contribution in [0.3, 0.4) is 0 Å². The Morgan fingerprint density at radius 2 is 0.740 bits per heavy atom. The zero-order valence-corrected chi connectivity index (χ0v) is 32.8. The number of aliphatic hydroxyl groups excluding tert-OH is 2. The van der Waals surface area contributed by atoms with E-state index < -0.39 is 0 Å². The number of carbonyl (C=O) groups excluding carboxylic acids is 2. The minimum atomic E-state index is -0.0913. The van der Waals surface area contributed by atoms with Gasteiger partial charge in [0.05, 0.1) is 12.2 Å². The third-order valence-electron chi connectivity index (χ3n) is 10.2. The van der Waals surface area contributed by atoms with Crippen molar-refractivity contribution in [1.82, 2.24) is 10.6 Å². The van der Waals surface area contributed by atoms with Gasteiger partial charge >= 0.3 is 0 Å². The molecule has 0 aliphatic carbocycles. The van der Waals surface area contributed by atoms with Gasteiger partial charge in [-0.2, -0.15) is 0 Å². The number of nitrogens with one attached hydrogen (secondary N) is 2. The molecular weight excluding hydrogens is 620 g/mol. The number of hydrogen-bond acceptors (Lipinski definition) is 4.